The minimum atomic E-state index is -3.99. The van der Waals surface area contributed by atoms with Gasteiger partial charge in [0.15, 0.2) is 22.4 Å². The Bertz CT molecular complexity index is 3900. The van der Waals surface area contributed by atoms with E-state index >= 15 is 17.6 Å². The lowest BCUT2D eigenvalue weighted by Gasteiger charge is -2.35. The number of aromatic nitrogens is 4. The van der Waals surface area contributed by atoms with Crippen molar-refractivity contribution in [2.75, 3.05) is 26.2 Å². The maximum absolute atomic E-state index is 15.1. The zero-order chi connectivity index (χ0) is 70.7. The highest BCUT2D eigenvalue weighted by Gasteiger charge is 2.59. The second-order valence-electron chi connectivity index (χ2n) is 21.9. The van der Waals surface area contributed by atoms with Gasteiger partial charge >= 0.3 is 23.7 Å². The van der Waals surface area contributed by atoms with Crippen LogP contribution in [0.2, 0.25) is 0 Å². The van der Waals surface area contributed by atoms with E-state index in [1.807, 2.05) is 62.4 Å². The van der Waals surface area contributed by atoms with Crippen molar-refractivity contribution in [3.05, 3.63) is 307 Å². The summed E-state index contributed by atoms with van der Waals surface area (Å²) in [6, 6.07) is 44.8. The van der Waals surface area contributed by atoms with Gasteiger partial charge in [-0.1, -0.05) is 145 Å². The topological polar surface area (TPSA) is 237 Å². The Kier molecular flexibility index (Phi) is 24.1. The van der Waals surface area contributed by atoms with Gasteiger partial charge in [-0.05, 0) is 116 Å². The van der Waals surface area contributed by atoms with E-state index < -0.39 is 129 Å². The fourth-order valence-corrected chi connectivity index (χ4v) is 10.2. The number of rotatable bonds is 18. The fraction of sp³-hybridized carbons (Fsp3) is 0.200. The molecule has 504 valence electrons. The normalized spacial score (nSPS) is 14.3. The third kappa shape index (κ3) is 15.7. The van der Waals surface area contributed by atoms with Crippen LogP contribution in [0.1, 0.15) is 56.2 Å². The summed E-state index contributed by atoms with van der Waals surface area (Å²) in [7, 11) is 0. The molecule has 0 fully saturated rings. The van der Waals surface area contributed by atoms with E-state index in [-0.39, 0.29) is 11.1 Å². The first-order valence-corrected chi connectivity index (χ1v) is 30.3. The second kappa shape index (κ2) is 30.8. The molecule has 4 aromatic heterocycles. The summed E-state index contributed by atoms with van der Waals surface area (Å²) in [5, 5.41) is 42.0. The SMILES string of the molecule is Cc1ccc(-c2ccc(C(F)(F)[C@@](O)(CN)c3ccccc3)nc2)cc1.Cc1ccc(-c2ccc(C(F)(F)[C@](O)(CN)c3ccccc3)nc2)cc1.NC[C@@](O)(c1ccc(F)cc1F)C(F)(F)c1ccc(Br)cn1.NC[C@](O)(c1ccc(F)cc1F)C(F)(F)c1ccc(Br)cn1. The van der Waals surface area contributed by atoms with Gasteiger partial charge in [0.2, 0.25) is 0 Å². The molecule has 10 aromatic rings. The summed E-state index contributed by atoms with van der Waals surface area (Å²) in [5.41, 5.74) is 11.8. The summed E-state index contributed by atoms with van der Waals surface area (Å²) < 4.78 is 173. The third-order valence-corrected chi connectivity index (χ3v) is 16.5. The summed E-state index contributed by atoms with van der Waals surface area (Å²) in [4.78, 5) is 14.9. The summed E-state index contributed by atoms with van der Waals surface area (Å²) >= 11 is 6.10. The minimum Gasteiger partial charge on any atom is -0.377 e. The molecule has 26 heteroatoms. The van der Waals surface area contributed by atoms with Gasteiger partial charge in [0.25, 0.3) is 0 Å². The summed E-state index contributed by atoms with van der Waals surface area (Å²) in [5.74, 6) is -19.8. The highest BCUT2D eigenvalue weighted by molar-refractivity contribution is 9.10. The van der Waals surface area contributed by atoms with Crippen molar-refractivity contribution in [1.29, 1.82) is 0 Å². The number of nitrogens with two attached hydrogens (primary N) is 4. The number of benzene rings is 6. The van der Waals surface area contributed by atoms with E-state index in [2.05, 4.69) is 51.8 Å². The zero-order valence-electron chi connectivity index (χ0n) is 50.8. The Labute approximate surface area is 560 Å². The molecule has 0 unspecified atom stereocenters. The molecule has 4 atom stereocenters. The van der Waals surface area contributed by atoms with Crippen molar-refractivity contribution in [3.8, 4) is 22.3 Å². The first kappa shape index (κ1) is 75.1. The molecule has 12 nitrogen and oxygen atoms in total. The molecule has 0 aliphatic carbocycles. The molecule has 4 heterocycles. The molecule has 0 bridgehead atoms. The van der Waals surface area contributed by atoms with Crippen LogP contribution in [-0.2, 0) is 46.1 Å². The van der Waals surface area contributed by atoms with Crippen LogP contribution in [0.25, 0.3) is 22.3 Å². The van der Waals surface area contributed by atoms with Gasteiger partial charge in [-0.15, -0.1) is 0 Å². The molecule has 6 aromatic carbocycles. The Hall–Kier alpha value is -8.28. The predicted octanol–water partition coefficient (Wildman–Crippen LogP) is 14.1. The first-order chi connectivity index (χ1) is 45.2. The van der Waals surface area contributed by atoms with Crippen LogP contribution in [-0.4, -0.2) is 66.5 Å². The smallest absolute Gasteiger partial charge is 0.323 e. The molecule has 0 spiro atoms. The largest absolute Gasteiger partial charge is 0.377 e. The quantitative estimate of drug-likeness (QED) is 0.0375. The molecule has 0 saturated heterocycles. The first-order valence-electron chi connectivity index (χ1n) is 28.8. The number of aliphatic hydroxyl groups is 4. The molecule has 0 amide bonds. The number of pyridine rings is 4. The number of alkyl halides is 8. The van der Waals surface area contributed by atoms with Crippen molar-refractivity contribution in [3.63, 3.8) is 0 Å². The lowest BCUT2D eigenvalue weighted by Crippen LogP contribution is -2.50. The highest BCUT2D eigenvalue weighted by atomic mass is 79.9. The second-order valence-corrected chi connectivity index (χ2v) is 23.7. The van der Waals surface area contributed by atoms with E-state index in [0.717, 1.165) is 82.2 Å². The van der Waals surface area contributed by atoms with E-state index in [9.17, 15) is 55.5 Å². The van der Waals surface area contributed by atoms with Crippen molar-refractivity contribution in [2.45, 2.75) is 59.9 Å². The Morgan fingerprint density at radius 1 is 0.333 bits per heavy atom. The van der Waals surface area contributed by atoms with Crippen molar-refractivity contribution < 1.29 is 73.1 Å². The Morgan fingerprint density at radius 2 is 0.604 bits per heavy atom. The molecule has 0 aliphatic rings. The minimum absolute atomic E-state index is 0.0527. The molecule has 0 aliphatic heterocycles. The van der Waals surface area contributed by atoms with E-state index in [4.69, 9.17) is 22.9 Å². The van der Waals surface area contributed by atoms with Gasteiger partial charge in [-0.25, -0.2) is 17.6 Å². The molecule has 96 heavy (non-hydrogen) atoms. The molecule has 0 radical (unpaired) electrons. The van der Waals surface area contributed by atoms with Crippen LogP contribution in [0.3, 0.4) is 0 Å². The van der Waals surface area contributed by atoms with Gasteiger partial charge in [-0.3, -0.25) is 19.9 Å². The van der Waals surface area contributed by atoms with Crippen LogP contribution in [0.4, 0.5) is 52.7 Å². The van der Waals surface area contributed by atoms with Gasteiger partial charge in [0.1, 0.15) is 46.0 Å². The van der Waals surface area contributed by atoms with Crippen molar-refractivity contribution in [2.24, 2.45) is 22.9 Å². The maximum atomic E-state index is 15.1. The van der Waals surface area contributed by atoms with E-state index in [1.54, 1.807) is 48.5 Å². The number of hydrogen-bond acceptors (Lipinski definition) is 12. The zero-order valence-corrected chi connectivity index (χ0v) is 54.0. The van der Waals surface area contributed by atoms with Gasteiger partial charge in [0, 0.05) is 94.3 Å². The van der Waals surface area contributed by atoms with Crippen molar-refractivity contribution >= 4 is 31.9 Å². The summed E-state index contributed by atoms with van der Waals surface area (Å²) in [6.45, 7) is 0.712. The fourth-order valence-electron chi connectivity index (χ4n) is 9.71. The monoisotopic (exact) mass is 1460 g/mol. The number of halogens is 14. The molecule has 10 rings (SSSR count). The Morgan fingerprint density at radius 3 is 0.854 bits per heavy atom. The van der Waals surface area contributed by atoms with Crippen LogP contribution in [0.5, 0.6) is 0 Å². The van der Waals surface area contributed by atoms with Gasteiger partial charge in [0.05, 0.1) is 0 Å². The van der Waals surface area contributed by atoms with E-state index in [1.165, 1.54) is 60.9 Å². The molecular formula is C70H62Br2F12N8O4. The maximum Gasteiger partial charge on any atom is 0.323 e. The number of hydrogen-bond donors (Lipinski definition) is 8. The van der Waals surface area contributed by atoms with Crippen LogP contribution in [0, 0.1) is 37.1 Å². The van der Waals surface area contributed by atoms with E-state index in [0.29, 0.717) is 21.1 Å². The Balaban J connectivity index is 0.000000181. The van der Waals surface area contributed by atoms with Crippen LogP contribution < -0.4 is 22.9 Å². The number of nitrogens with zero attached hydrogens (tertiary/aromatic N) is 4. The lowest BCUT2D eigenvalue weighted by atomic mass is 9.85. The molecule has 12 N–H and O–H groups in total. The lowest BCUT2D eigenvalue weighted by molar-refractivity contribution is -0.193. The molecular weight excluding hydrogens is 1400 g/mol. The third-order valence-electron chi connectivity index (χ3n) is 15.6. The molecule has 0 saturated carbocycles. The van der Waals surface area contributed by atoms with Gasteiger partial charge in [-0.2, -0.15) is 35.1 Å². The summed E-state index contributed by atoms with van der Waals surface area (Å²) in [6.07, 6.45) is 4.99. The van der Waals surface area contributed by atoms with Crippen molar-refractivity contribution in [1.82, 2.24) is 19.9 Å². The van der Waals surface area contributed by atoms with Crippen LogP contribution in [0.15, 0.2) is 228 Å². The predicted molar refractivity (Wildman–Crippen MR) is 346 cm³/mol. The average molecular weight is 1470 g/mol. The van der Waals surface area contributed by atoms with Crippen LogP contribution >= 0.6 is 31.9 Å². The highest BCUT2D eigenvalue weighted by Crippen LogP contribution is 2.49. The number of aryl methyl sites for hydroxylation is 2. The standard InChI is InChI=1S/2C21H20F2N2O.2C14H11BrF4N2O/c2*1-15-7-9-16(10-8-15)17-11-12-19(25-13-17)21(22,23)20(26,14-24)18-5-3-2-4-6-18;2*15-8-1-4-12(21-6-8)14(18,19)13(22,7-20)10-3-2-9(16)5-11(10)17/h2*2-13,26H,14,24H2,1H3;2*1-6,22H,7,20H2/t2*20-;2*13-/m1010/s1. The average Bonchev–Trinajstić information content (AvgIpc) is 0.775. The van der Waals surface area contributed by atoms with Gasteiger partial charge < -0.3 is 43.4 Å².